The van der Waals surface area contributed by atoms with E-state index in [-0.39, 0.29) is 5.92 Å². The molecule has 0 saturated carbocycles. The average Bonchev–Trinajstić information content (AvgIpc) is 2.15. The Morgan fingerprint density at radius 1 is 1.25 bits per heavy atom. The molecule has 0 aromatic heterocycles. The van der Waals surface area contributed by atoms with Gasteiger partial charge < -0.3 is 4.74 Å². The third kappa shape index (κ3) is 4.13. The van der Waals surface area contributed by atoms with Crippen molar-refractivity contribution in [2.75, 3.05) is 34.8 Å². The molecule has 6 heteroatoms. The van der Waals surface area contributed by atoms with Crippen LogP contribution in [0.25, 0.3) is 0 Å². The van der Waals surface area contributed by atoms with E-state index in [1.807, 2.05) is 44.5 Å². The number of hydrogen-bond acceptors (Lipinski definition) is 2. The van der Waals surface area contributed by atoms with Crippen LogP contribution < -0.4 is 0 Å². The molecule has 0 aromatic rings. The van der Waals surface area contributed by atoms with E-state index >= 15 is 0 Å². The summed E-state index contributed by atoms with van der Waals surface area (Å²) in [6.45, 7) is 4.70. The minimum Gasteiger partial charge on any atom is -0.481 e. The van der Waals surface area contributed by atoms with Crippen molar-refractivity contribution in [3.8, 4) is 0 Å². The summed E-state index contributed by atoms with van der Waals surface area (Å²) in [5.41, 5.74) is 0. The quantitative estimate of drug-likeness (QED) is 0.433. The molecule has 0 aromatic carbocycles. The van der Waals surface area contributed by atoms with Gasteiger partial charge in [-0.25, -0.2) is 0 Å². The molecule has 0 fully saturated rings. The molecule has 0 atom stereocenters. The zero-order chi connectivity index (χ0) is 12.9. The summed E-state index contributed by atoms with van der Waals surface area (Å²) in [6.07, 6.45) is 0. The van der Waals surface area contributed by atoms with E-state index in [0.717, 1.165) is 5.90 Å². The van der Waals surface area contributed by atoms with E-state index in [0.29, 0.717) is 6.61 Å². The summed E-state index contributed by atoms with van der Waals surface area (Å²) in [7, 11) is 7.87. The van der Waals surface area contributed by atoms with Gasteiger partial charge in [-0.15, -0.1) is 0 Å². The summed E-state index contributed by atoms with van der Waals surface area (Å²) in [5, 5.41) is 0. The van der Waals surface area contributed by atoms with Crippen LogP contribution in [0.15, 0.2) is 4.76 Å². The molecule has 4 nitrogen and oxygen atoms in total. The molecular formula is C10H24N3OPS. The molecular weight excluding hydrogens is 241 g/mol. The Morgan fingerprint density at radius 2 is 1.69 bits per heavy atom. The largest absolute Gasteiger partial charge is 0.481 e. The maximum Gasteiger partial charge on any atom is 0.192 e. The van der Waals surface area contributed by atoms with Gasteiger partial charge in [0.15, 0.2) is 12.4 Å². The van der Waals surface area contributed by atoms with E-state index in [2.05, 4.69) is 18.6 Å². The molecule has 0 aliphatic carbocycles. The van der Waals surface area contributed by atoms with Gasteiger partial charge in [-0.3, -0.25) is 9.34 Å². The van der Waals surface area contributed by atoms with Gasteiger partial charge in [0.1, 0.15) is 0 Å². The first-order valence-corrected chi connectivity index (χ1v) is 8.10. The SMILES string of the molecule is CCO/C(=N\P(=S)(N(C)C)N(C)C)C(C)C. The van der Waals surface area contributed by atoms with Crippen molar-refractivity contribution in [2.45, 2.75) is 20.8 Å². The van der Waals surface area contributed by atoms with Crippen LogP contribution in [0, 0.1) is 5.92 Å². The molecule has 0 bridgehead atoms. The predicted octanol–water partition coefficient (Wildman–Crippen LogP) is 2.43. The Bertz CT molecular complexity index is 278. The molecule has 0 aliphatic heterocycles. The lowest BCUT2D eigenvalue weighted by Crippen LogP contribution is -2.22. The maximum absolute atomic E-state index is 5.65. The second-order valence-corrected chi connectivity index (χ2v) is 8.53. The second kappa shape index (κ2) is 6.70. The molecule has 0 N–H and O–H groups in total. The Labute approximate surface area is 105 Å². The summed E-state index contributed by atoms with van der Waals surface area (Å²) in [4.78, 5) is 0. The standard InChI is InChI=1S/C10H24N3OPS/c1-8-14-10(9(2)3)11-15(16,12(4)5)13(6)7/h9H,8H2,1-7H3/b11-10-. The van der Waals surface area contributed by atoms with Gasteiger partial charge in [-0.2, -0.15) is 4.76 Å². The predicted molar refractivity (Wildman–Crippen MR) is 75.6 cm³/mol. The Balaban J connectivity index is 5.23. The molecule has 0 rings (SSSR count). The van der Waals surface area contributed by atoms with Gasteiger partial charge >= 0.3 is 0 Å². The van der Waals surface area contributed by atoms with Gasteiger partial charge in [0.2, 0.25) is 0 Å². The third-order valence-electron chi connectivity index (χ3n) is 2.06. The fourth-order valence-electron chi connectivity index (χ4n) is 1.12. The molecule has 0 saturated heterocycles. The summed E-state index contributed by atoms with van der Waals surface area (Å²) in [6, 6.07) is 0. The van der Waals surface area contributed by atoms with Crippen LogP contribution >= 0.6 is 6.49 Å². The van der Waals surface area contributed by atoms with Crippen molar-refractivity contribution in [2.24, 2.45) is 10.7 Å². The summed E-state index contributed by atoms with van der Waals surface area (Å²) < 4.78 is 14.2. The molecule has 0 spiro atoms. The highest BCUT2D eigenvalue weighted by Crippen LogP contribution is 2.51. The molecule has 0 radical (unpaired) electrons. The minimum absolute atomic E-state index is 0.266. The van der Waals surface area contributed by atoms with Crippen molar-refractivity contribution in [1.82, 2.24) is 9.34 Å². The van der Waals surface area contributed by atoms with Gasteiger partial charge in [-0.1, -0.05) is 13.8 Å². The van der Waals surface area contributed by atoms with Gasteiger partial charge in [0.25, 0.3) is 0 Å². The first-order chi connectivity index (χ1) is 7.25. The lowest BCUT2D eigenvalue weighted by atomic mass is 10.2. The average molecular weight is 265 g/mol. The number of hydrogen-bond donors (Lipinski definition) is 0. The van der Waals surface area contributed by atoms with Gasteiger partial charge in [0.05, 0.1) is 6.61 Å². The Morgan fingerprint density at radius 3 is 1.94 bits per heavy atom. The van der Waals surface area contributed by atoms with Crippen LogP contribution in [0.2, 0.25) is 0 Å². The van der Waals surface area contributed by atoms with Crippen LogP contribution in [0.4, 0.5) is 0 Å². The molecule has 0 unspecified atom stereocenters. The molecule has 0 amide bonds. The zero-order valence-electron chi connectivity index (χ0n) is 11.4. The smallest absolute Gasteiger partial charge is 0.192 e. The topological polar surface area (TPSA) is 28.1 Å². The van der Waals surface area contributed by atoms with Crippen molar-refractivity contribution >= 4 is 24.2 Å². The van der Waals surface area contributed by atoms with Crippen LogP contribution in [0.3, 0.4) is 0 Å². The molecule has 16 heavy (non-hydrogen) atoms. The number of nitrogens with zero attached hydrogens (tertiary/aromatic N) is 3. The molecule has 0 aliphatic rings. The van der Waals surface area contributed by atoms with Crippen molar-refractivity contribution < 1.29 is 4.74 Å². The summed E-state index contributed by atoms with van der Waals surface area (Å²) in [5.74, 6) is 1.02. The van der Waals surface area contributed by atoms with E-state index in [1.54, 1.807) is 0 Å². The molecule has 96 valence electrons. The highest BCUT2D eigenvalue weighted by molar-refractivity contribution is 8.11. The van der Waals surface area contributed by atoms with Crippen LogP contribution in [0.5, 0.6) is 0 Å². The van der Waals surface area contributed by atoms with E-state index in [9.17, 15) is 0 Å². The van der Waals surface area contributed by atoms with E-state index in [4.69, 9.17) is 16.5 Å². The number of rotatable bonds is 5. The highest BCUT2D eigenvalue weighted by atomic mass is 32.4. The Hall–Kier alpha value is 0.0400. The van der Waals surface area contributed by atoms with E-state index < -0.39 is 6.49 Å². The first kappa shape index (κ1) is 16.0. The number of ether oxygens (including phenoxy) is 1. The van der Waals surface area contributed by atoms with Crippen LogP contribution in [-0.2, 0) is 16.5 Å². The van der Waals surface area contributed by atoms with Crippen LogP contribution in [-0.4, -0.2) is 50.0 Å². The summed E-state index contributed by atoms with van der Waals surface area (Å²) >= 11 is 5.65. The van der Waals surface area contributed by atoms with Crippen molar-refractivity contribution in [3.63, 3.8) is 0 Å². The highest BCUT2D eigenvalue weighted by Gasteiger charge is 2.24. The van der Waals surface area contributed by atoms with Gasteiger partial charge in [0, 0.05) is 5.92 Å². The third-order valence-corrected chi connectivity index (χ3v) is 6.80. The molecule has 0 heterocycles. The Kier molecular flexibility index (Phi) is 6.71. The fraction of sp³-hybridized carbons (Fsp3) is 0.900. The zero-order valence-corrected chi connectivity index (χ0v) is 13.1. The lowest BCUT2D eigenvalue weighted by Gasteiger charge is -2.31. The minimum atomic E-state index is -2.04. The van der Waals surface area contributed by atoms with Gasteiger partial charge in [-0.05, 0) is 46.9 Å². The lowest BCUT2D eigenvalue weighted by molar-refractivity contribution is 0.307. The first-order valence-electron chi connectivity index (χ1n) is 5.44. The fourth-order valence-corrected chi connectivity index (χ4v) is 2.98. The second-order valence-electron chi connectivity index (χ2n) is 4.23. The monoisotopic (exact) mass is 265 g/mol. The van der Waals surface area contributed by atoms with E-state index in [1.165, 1.54) is 0 Å². The van der Waals surface area contributed by atoms with Crippen LogP contribution in [0.1, 0.15) is 20.8 Å². The van der Waals surface area contributed by atoms with Crippen molar-refractivity contribution in [3.05, 3.63) is 0 Å². The van der Waals surface area contributed by atoms with Crippen molar-refractivity contribution in [1.29, 1.82) is 0 Å². The maximum atomic E-state index is 5.65. The normalized spacial score (nSPS) is 14.0.